The number of Topliss-reactive ketones (excluding diaryl/α,β-unsaturated/α-hetero) is 1. The van der Waals surface area contributed by atoms with Crippen LogP contribution in [0, 0.1) is 0 Å². The molecule has 0 aromatic heterocycles. The third-order valence-corrected chi connectivity index (χ3v) is 2.17. The summed E-state index contributed by atoms with van der Waals surface area (Å²) in [5, 5.41) is 17.9. The fourth-order valence-corrected chi connectivity index (χ4v) is 1.26. The van der Waals surface area contributed by atoms with Crippen molar-refractivity contribution in [1.82, 2.24) is 0 Å². The van der Waals surface area contributed by atoms with Gasteiger partial charge in [-0.3, -0.25) is 4.79 Å². The first-order chi connectivity index (χ1) is 6.52. The molecule has 84 valence electrons. The highest BCUT2D eigenvalue weighted by atomic mass is 16.3. The Morgan fingerprint density at radius 2 is 1.57 bits per heavy atom. The molecule has 0 fully saturated rings. The Labute approximate surface area is 86.1 Å². The van der Waals surface area contributed by atoms with Crippen LogP contribution in [0.15, 0.2) is 0 Å². The Bertz CT molecular complexity index is 153. The molecule has 0 bridgehead atoms. The van der Waals surface area contributed by atoms with Crippen LogP contribution in [0.25, 0.3) is 0 Å². The van der Waals surface area contributed by atoms with Crippen molar-refractivity contribution in [3.63, 3.8) is 0 Å². The zero-order valence-electron chi connectivity index (χ0n) is 9.20. The van der Waals surface area contributed by atoms with E-state index in [1.807, 2.05) is 0 Å². The van der Waals surface area contributed by atoms with Crippen molar-refractivity contribution in [3.8, 4) is 0 Å². The maximum Gasteiger partial charge on any atom is 0.133 e. The maximum atomic E-state index is 11.2. The molecule has 0 aliphatic carbocycles. The summed E-state index contributed by atoms with van der Waals surface area (Å²) in [6, 6.07) is 0. The molecule has 0 aromatic carbocycles. The van der Waals surface area contributed by atoms with E-state index in [2.05, 4.69) is 0 Å². The second kappa shape index (κ2) is 7.94. The highest BCUT2D eigenvalue weighted by molar-refractivity contribution is 5.78. The smallest absolute Gasteiger partial charge is 0.133 e. The Kier molecular flexibility index (Phi) is 7.71. The van der Waals surface area contributed by atoms with Gasteiger partial charge in [-0.2, -0.15) is 0 Å². The molecule has 0 aliphatic rings. The van der Waals surface area contributed by atoms with Crippen LogP contribution in [0.1, 0.15) is 52.4 Å². The van der Waals surface area contributed by atoms with Gasteiger partial charge in [0.25, 0.3) is 0 Å². The normalized spacial score (nSPS) is 15.1. The highest BCUT2D eigenvalue weighted by Gasteiger charge is 2.04. The number of hydrogen-bond acceptors (Lipinski definition) is 3. The first-order valence-electron chi connectivity index (χ1n) is 5.40. The van der Waals surface area contributed by atoms with Gasteiger partial charge in [-0.15, -0.1) is 0 Å². The second-order valence-corrected chi connectivity index (χ2v) is 4.02. The van der Waals surface area contributed by atoms with E-state index in [0.29, 0.717) is 19.3 Å². The Morgan fingerprint density at radius 3 is 2.07 bits per heavy atom. The number of unbranched alkanes of at least 4 members (excludes halogenated alkanes) is 1. The molecule has 0 radical (unpaired) electrons. The van der Waals surface area contributed by atoms with Gasteiger partial charge in [0.1, 0.15) is 5.78 Å². The van der Waals surface area contributed by atoms with Gasteiger partial charge in [0, 0.05) is 12.8 Å². The first-order valence-corrected chi connectivity index (χ1v) is 5.40. The SMILES string of the molecule is CC(O)CCCCC(=O)CCC(C)O. The molecule has 14 heavy (non-hydrogen) atoms. The van der Waals surface area contributed by atoms with E-state index in [1.54, 1.807) is 13.8 Å². The topological polar surface area (TPSA) is 57.5 Å². The minimum absolute atomic E-state index is 0.219. The largest absolute Gasteiger partial charge is 0.393 e. The number of hydrogen-bond donors (Lipinski definition) is 2. The number of carbonyl (C=O) groups excluding carboxylic acids is 1. The van der Waals surface area contributed by atoms with Gasteiger partial charge in [0.05, 0.1) is 12.2 Å². The van der Waals surface area contributed by atoms with Gasteiger partial charge >= 0.3 is 0 Å². The van der Waals surface area contributed by atoms with Crippen LogP contribution < -0.4 is 0 Å². The van der Waals surface area contributed by atoms with Crippen molar-refractivity contribution in [3.05, 3.63) is 0 Å². The Hall–Kier alpha value is -0.410. The van der Waals surface area contributed by atoms with Gasteiger partial charge < -0.3 is 10.2 Å². The molecular formula is C11H22O3. The lowest BCUT2D eigenvalue weighted by atomic mass is 10.1. The summed E-state index contributed by atoms with van der Waals surface area (Å²) in [4.78, 5) is 11.2. The zero-order valence-corrected chi connectivity index (χ0v) is 9.20. The third-order valence-electron chi connectivity index (χ3n) is 2.17. The highest BCUT2D eigenvalue weighted by Crippen LogP contribution is 2.07. The molecule has 3 nitrogen and oxygen atoms in total. The molecule has 0 amide bonds. The minimum atomic E-state index is -0.378. The fourth-order valence-electron chi connectivity index (χ4n) is 1.26. The lowest BCUT2D eigenvalue weighted by molar-refractivity contribution is -0.119. The predicted octanol–water partition coefficient (Wildman–Crippen LogP) is 1.66. The van der Waals surface area contributed by atoms with Crippen molar-refractivity contribution in [2.24, 2.45) is 0 Å². The maximum absolute atomic E-state index is 11.2. The third kappa shape index (κ3) is 9.68. The van der Waals surface area contributed by atoms with E-state index in [0.717, 1.165) is 19.3 Å². The Balaban J connectivity index is 3.27. The molecule has 0 heterocycles. The van der Waals surface area contributed by atoms with Crippen molar-refractivity contribution in [2.75, 3.05) is 0 Å². The van der Waals surface area contributed by atoms with Crippen molar-refractivity contribution >= 4 is 5.78 Å². The van der Waals surface area contributed by atoms with Gasteiger partial charge in [0.2, 0.25) is 0 Å². The summed E-state index contributed by atoms with van der Waals surface area (Å²) in [6.07, 6.45) is 3.51. The van der Waals surface area contributed by atoms with Gasteiger partial charge in [-0.05, 0) is 33.1 Å². The van der Waals surface area contributed by atoms with Crippen LogP contribution in [0.3, 0.4) is 0 Å². The summed E-state index contributed by atoms with van der Waals surface area (Å²) in [6.45, 7) is 3.45. The molecular weight excluding hydrogens is 180 g/mol. The summed E-state index contributed by atoms with van der Waals surface area (Å²) < 4.78 is 0. The number of rotatable bonds is 8. The van der Waals surface area contributed by atoms with E-state index in [1.165, 1.54) is 0 Å². The van der Waals surface area contributed by atoms with Crippen LogP contribution in [-0.2, 0) is 4.79 Å². The van der Waals surface area contributed by atoms with Crippen LogP contribution in [0.5, 0.6) is 0 Å². The molecule has 0 spiro atoms. The number of ketones is 1. The summed E-state index contributed by atoms with van der Waals surface area (Å²) in [5.41, 5.74) is 0. The van der Waals surface area contributed by atoms with Crippen LogP contribution >= 0.6 is 0 Å². The minimum Gasteiger partial charge on any atom is -0.393 e. The lowest BCUT2D eigenvalue weighted by Gasteiger charge is -2.04. The predicted molar refractivity (Wildman–Crippen MR) is 56.1 cm³/mol. The van der Waals surface area contributed by atoms with E-state index in [4.69, 9.17) is 10.2 Å². The standard InChI is InChI=1S/C11H22O3/c1-9(12)5-3-4-6-11(14)8-7-10(2)13/h9-10,12-13H,3-8H2,1-2H3. The van der Waals surface area contributed by atoms with Crippen LogP contribution in [-0.4, -0.2) is 28.2 Å². The van der Waals surface area contributed by atoms with Crippen LogP contribution in [0.2, 0.25) is 0 Å². The average molecular weight is 202 g/mol. The number of aliphatic hydroxyl groups excluding tert-OH is 2. The number of carbonyl (C=O) groups is 1. The summed E-state index contributed by atoms with van der Waals surface area (Å²) in [5.74, 6) is 0.219. The quantitative estimate of drug-likeness (QED) is 0.588. The van der Waals surface area contributed by atoms with Crippen LogP contribution in [0.4, 0.5) is 0 Å². The molecule has 0 aromatic rings. The Morgan fingerprint density at radius 1 is 1.00 bits per heavy atom. The molecule has 2 N–H and O–H groups in total. The molecule has 0 saturated carbocycles. The zero-order chi connectivity index (χ0) is 11.0. The lowest BCUT2D eigenvalue weighted by Crippen LogP contribution is -2.06. The molecule has 0 aliphatic heterocycles. The molecule has 2 unspecified atom stereocenters. The summed E-state index contributed by atoms with van der Waals surface area (Å²) >= 11 is 0. The van der Waals surface area contributed by atoms with Crippen molar-refractivity contribution in [1.29, 1.82) is 0 Å². The van der Waals surface area contributed by atoms with E-state index >= 15 is 0 Å². The van der Waals surface area contributed by atoms with E-state index in [-0.39, 0.29) is 18.0 Å². The summed E-state index contributed by atoms with van der Waals surface area (Å²) in [7, 11) is 0. The van der Waals surface area contributed by atoms with Gasteiger partial charge in [-0.25, -0.2) is 0 Å². The van der Waals surface area contributed by atoms with E-state index < -0.39 is 0 Å². The molecule has 2 atom stereocenters. The first kappa shape index (κ1) is 13.6. The second-order valence-electron chi connectivity index (χ2n) is 4.02. The van der Waals surface area contributed by atoms with Crippen molar-refractivity contribution < 1.29 is 15.0 Å². The monoisotopic (exact) mass is 202 g/mol. The van der Waals surface area contributed by atoms with Crippen molar-refractivity contribution in [2.45, 2.75) is 64.6 Å². The van der Waals surface area contributed by atoms with Gasteiger partial charge in [0.15, 0.2) is 0 Å². The van der Waals surface area contributed by atoms with Gasteiger partial charge in [-0.1, -0.05) is 6.42 Å². The molecule has 0 saturated heterocycles. The van der Waals surface area contributed by atoms with E-state index in [9.17, 15) is 4.79 Å². The number of aliphatic hydroxyl groups is 2. The molecule has 3 heteroatoms. The fraction of sp³-hybridized carbons (Fsp3) is 0.909. The average Bonchev–Trinajstić information content (AvgIpc) is 2.08. The molecule has 0 rings (SSSR count).